The summed E-state index contributed by atoms with van der Waals surface area (Å²) in [6.45, 7) is 8.04. The van der Waals surface area contributed by atoms with Gasteiger partial charge >= 0.3 is 0 Å². The van der Waals surface area contributed by atoms with E-state index in [9.17, 15) is 4.79 Å². The van der Waals surface area contributed by atoms with Crippen LogP contribution in [0.5, 0.6) is 0 Å². The lowest BCUT2D eigenvalue weighted by Gasteiger charge is -2.36. The van der Waals surface area contributed by atoms with Gasteiger partial charge in [0, 0.05) is 25.2 Å². The molecule has 1 aliphatic rings. The number of rotatable bonds is 5. The smallest absolute Gasteiger partial charge is 0.270 e. The number of nitrogens with zero attached hydrogens (tertiary/aromatic N) is 3. The lowest BCUT2D eigenvalue weighted by atomic mass is 10.00. The summed E-state index contributed by atoms with van der Waals surface area (Å²) in [5.74, 6) is 1.20. The molecule has 1 aromatic rings. The van der Waals surface area contributed by atoms with Gasteiger partial charge in [0.25, 0.3) is 5.91 Å². The minimum absolute atomic E-state index is 0.114. The number of carbonyl (C=O) groups excluding carboxylic acids is 1. The van der Waals surface area contributed by atoms with Crippen LogP contribution in [0.3, 0.4) is 0 Å². The van der Waals surface area contributed by atoms with E-state index in [2.05, 4.69) is 41.0 Å². The normalized spacial score (nSPS) is 18.9. The first-order chi connectivity index (χ1) is 10.1. The molecule has 1 unspecified atom stereocenters. The third kappa shape index (κ3) is 4.16. The number of aromatic nitrogens is 2. The molecular weight excluding hydrogens is 264 g/mol. The van der Waals surface area contributed by atoms with E-state index in [4.69, 9.17) is 0 Å². The molecular formula is C16H26N4O. The highest BCUT2D eigenvalue weighted by Gasteiger charge is 2.23. The molecule has 5 nitrogen and oxygen atoms in total. The summed E-state index contributed by atoms with van der Waals surface area (Å²) >= 11 is 0. The number of carbonyl (C=O) groups is 1. The lowest BCUT2D eigenvalue weighted by Crippen LogP contribution is -2.40. The van der Waals surface area contributed by atoms with E-state index >= 15 is 0 Å². The van der Waals surface area contributed by atoms with Crippen molar-refractivity contribution >= 4 is 11.7 Å². The molecule has 1 saturated heterocycles. The van der Waals surface area contributed by atoms with Gasteiger partial charge in [-0.25, -0.2) is 9.97 Å². The monoisotopic (exact) mass is 290 g/mol. The van der Waals surface area contributed by atoms with Crippen molar-refractivity contribution in [1.29, 1.82) is 0 Å². The quantitative estimate of drug-likeness (QED) is 0.905. The number of amides is 1. The first kappa shape index (κ1) is 15.7. The Bertz CT molecular complexity index is 475. The number of hydrogen-bond donors (Lipinski definition) is 1. The zero-order chi connectivity index (χ0) is 15.2. The predicted octanol–water partition coefficient (Wildman–Crippen LogP) is 2.63. The largest absolute Gasteiger partial charge is 0.354 e. The average Bonchev–Trinajstić information content (AvgIpc) is 2.52. The molecule has 0 aromatic carbocycles. The molecule has 0 aliphatic carbocycles. The Balaban J connectivity index is 2.11. The molecule has 5 heteroatoms. The van der Waals surface area contributed by atoms with E-state index in [0.29, 0.717) is 24.2 Å². The topological polar surface area (TPSA) is 58.1 Å². The molecule has 116 valence electrons. The van der Waals surface area contributed by atoms with E-state index in [1.807, 2.05) is 6.07 Å². The summed E-state index contributed by atoms with van der Waals surface area (Å²) in [7, 11) is 0. The molecule has 1 N–H and O–H groups in total. The van der Waals surface area contributed by atoms with Crippen LogP contribution in [0.1, 0.15) is 56.9 Å². The summed E-state index contributed by atoms with van der Waals surface area (Å²) in [6.07, 6.45) is 6.28. The standard InChI is InChI=1S/C16H26N4O/c1-4-13-7-5-6-8-20(13)15-9-14(18-11-19-15)16(21)17-10-12(2)3/h9,11-13H,4-8,10H2,1-3H3,(H,17,21). The van der Waals surface area contributed by atoms with Gasteiger partial charge in [-0.2, -0.15) is 0 Å². The third-order valence-electron chi connectivity index (χ3n) is 3.95. The number of anilines is 1. The van der Waals surface area contributed by atoms with Crippen LogP contribution in [0.2, 0.25) is 0 Å². The zero-order valence-electron chi connectivity index (χ0n) is 13.3. The summed E-state index contributed by atoms with van der Waals surface area (Å²) < 4.78 is 0. The maximum Gasteiger partial charge on any atom is 0.270 e. The first-order valence-electron chi connectivity index (χ1n) is 7.98. The lowest BCUT2D eigenvalue weighted by molar-refractivity contribution is 0.0944. The van der Waals surface area contributed by atoms with Crippen molar-refractivity contribution in [3.8, 4) is 0 Å². The number of hydrogen-bond acceptors (Lipinski definition) is 4. The van der Waals surface area contributed by atoms with E-state index in [0.717, 1.165) is 18.8 Å². The summed E-state index contributed by atoms with van der Waals surface area (Å²) in [6, 6.07) is 2.35. The fraction of sp³-hybridized carbons (Fsp3) is 0.688. The Morgan fingerprint density at radius 2 is 2.24 bits per heavy atom. The minimum atomic E-state index is -0.114. The highest BCUT2D eigenvalue weighted by molar-refractivity contribution is 5.92. The number of piperidine rings is 1. The van der Waals surface area contributed by atoms with E-state index in [-0.39, 0.29) is 5.91 Å². The third-order valence-corrected chi connectivity index (χ3v) is 3.95. The molecule has 0 spiro atoms. The summed E-state index contributed by atoms with van der Waals surface area (Å²) in [5, 5.41) is 2.91. The second-order valence-corrected chi connectivity index (χ2v) is 6.12. The van der Waals surface area contributed by atoms with E-state index in [1.54, 1.807) is 0 Å². The Labute approximate surface area is 127 Å². The SMILES string of the molecule is CCC1CCCCN1c1cc(C(=O)NCC(C)C)ncn1. The van der Waals surface area contributed by atoms with Crippen LogP contribution >= 0.6 is 0 Å². The molecule has 2 heterocycles. The van der Waals surface area contributed by atoms with Crippen LogP contribution in [0, 0.1) is 5.92 Å². The Kier molecular flexibility index (Phi) is 5.53. The number of nitrogens with one attached hydrogen (secondary N) is 1. The van der Waals surface area contributed by atoms with Gasteiger partial charge < -0.3 is 10.2 Å². The van der Waals surface area contributed by atoms with Gasteiger partial charge in [0.05, 0.1) is 0 Å². The molecule has 1 aromatic heterocycles. The molecule has 0 radical (unpaired) electrons. The van der Waals surface area contributed by atoms with Gasteiger partial charge in [-0.05, 0) is 31.6 Å². The predicted molar refractivity (Wildman–Crippen MR) is 84.5 cm³/mol. The van der Waals surface area contributed by atoms with Crippen LogP contribution in [0.15, 0.2) is 12.4 Å². The van der Waals surface area contributed by atoms with Crippen molar-refractivity contribution in [3.05, 3.63) is 18.1 Å². The Hall–Kier alpha value is -1.65. The highest BCUT2D eigenvalue weighted by atomic mass is 16.1. The van der Waals surface area contributed by atoms with Crippen LogP contribution in [0.4, 0.5) is 5.82 Å². The van der Waals surface area contributed by atoms with Crippen molar-refractivity contribution in [2.75, 3.05) is 18.0 Å². The highest BCUT2D eigenvalue weighted by Crippen LogP contribution is 2.24. The molecule has 2 rings (SSSR count). The Morgan fingerprint density at radius 3 is 2.95 bits per heavy atom. The fourth-order valence-electron chi connectivity index (χ4n) is 2.74. The van der Waals surface area contributed by atoms with Gasteiger partial charge in [0.2, 0.25) is 0 Å². The molecule has 0 saturated carbocycles. The van der Waals surface area contributed by atoms with Gasteiger partial charge in [-0.1, -0.05) is 20.8 Å². The van der Waals surface area contributed by atoms with Crippen molar-refractivity contribution in [3.63, 3.8) is 0 Å². The first-order valence-corrected chi connectivity index (χ1v) is 7.98. The minimum Gasteiger partial charge on any atom is -0.354 e. The second kappa shape index (κ2) is 7.38. The van der Waals surface area contributed by atoms with Gasteiger partial charge in [0.15, 0.2) is 0 Å². The fourth-order valence-corrected chi connectivity index (χ4v) is 2.74. The van der Waals surface area contributed by atoms with Crippen LogP contribution < -0.4 is 10.2 Å². The molecule has 0 bridgehead atoms. The van der Waals surface area contributed by atoms with Crippen LogP contribution in [-0.4, -0.2) is 35.0 Å². The van der Waals surface area contributed by atoms with Crippen molar-refractivity contribution in [1.82, 2.24) is 15.3 Å². The van der Waals surface area contributed by atoms with Crippen molar-refractivity contribution in [2.45, 2.75) is 52.5 Å². The molecule has 1 atom stereocenters. The summed E-state index contributed by atoms with van der Waals surface area (Å²) in [5.41, 5.74) is 0.459. The van der Waals surface area contributed by atoms with Crippen molar-refractivity contribution in [2.24, 2.45) is 5.92 Å². The maximum atomic E-state index is 12.1. The zero-order valence-corrected chi connectivity index (χ0v) is 13.3. The van der Waals surface area contributed by atoms with E-state index < -0.39 is 0 Å². The summed E-state index contributed by atoms with van der Waals surface area (Å²) in [4.78, 5) is 22.9. The maximum absolute atomic E-state index is 12.1. The van der Waals surface area contributed by atoms with Crippen LogP contribution in [0.25, 0.3) is 0 Å². The molecule has 1 aliphatic heterocycles. The van der Waals surface area contributed by atoms with Gasteiger partial charge in [-0.3, -0.25) is 4.79 Å². The van der Waals surface area contributed by atoms with Crippen LogP contribution in [-0.2, 0) is 0 Å². The molecule has 1 amide bonds. The van der Waals surface area contributed by atoms with Gasteiger partial charge in [-0.15, -0.1) is 0 Å². The van der Waals surface area contributed by atoms with E-state index in [1.165, 1.54) is 25.6 Å². The second-order valence-electron chi connectivity index (χ2n) is 6.12. The molecule has 1 fully saturated rings. The Morgan fingerprint density at radius 1 is 1.43 bits per heavy atom. The van der Waals surface area contributed by atoms with Crippen molar-refractivity contribution < 1.29 is 4.79 Å². The van der Waals surface area contributed by atoms with Gasteiger partial charge in [0.1, 0.15) is 17.8 Å². The molecule has 21 heavy (non-hydrogen) atoms. The average molecular weight is 290 g/mol.